The lowest BCUT2D eigenvalue weighted by Crippen LogP contribution is -2.73. The molecule has 0 spiro atoms. The number of nitrogens with two attached hydrogens (primary N) is 2. The van der Waals surface area contributed by atoms with Crippen LogP contribution >= 0.6 is 22.9 Å². The predicted octanol–water partition coefficient (Wildman–Crippen LogP) is -1.86. The molecule has 12 nitrogen and oxygen atoms in total. The Balaban J connectivity index is 2.19. The molecular weight excluding hydrogens is 412 g/mol. The summed E-state index contributed by atoms with van der Waals surface area (Å²) in [4.78, 5) is 33.2. The minimum absolute atomic E-state index is 0.0274. The smallest absolute Gasteiger partial charge is 0.362 e. The van der Waals surface area contributed by atoms with Crippen LogP contribution in [0.15, 0.2) is 10.5 Å². The van der Waals surface area contributed by atoms with E-state index in [9.17, 15) is 18.0 Å². The summed E-state index contributed by atoms with van der Waals surface area (Å²) in [5.41, 5.74) is 10.6. The maximum atomic E-state index is 12.5. The highest BCUT2D eigenvalue weighted by molar-refractivity contribution is 7.84. The first kappa shape index (κ1) is 20.3. The van der Waals surface area contributed by atoms with Gasteiger partial charge in [-0.2, -0.15) is 8.42 Å². The number of nitrogen functional groups attached to an aromatic ring is 1. The van der Waals surface area contributed by atoms with E-state index < -0.39 is 34.2 Å². The molecule has 2 amide bonds. The van der Waals surface area contributed by atoms with Crippen LogP contribution in [0.4, 0.5) is 5.13 Å². The number of β-lactam (4-membered cyclic amide) rings is 1. The Labute approximate surface area is 157 Å². The third-order valence-electron chi connectivity index (χ3n) is 3.21. The summed E-state index contributed by atoms with van der Waals surface area (Å²) in [5, 5.41) is 7.56. The van der Waals surface area contributed by atoms with Crippen LogP contribution in [0.25, 0.3) is 0 Å². The number of carbonyl (C=O) groups is 2. The molecule has 0 saturated carbocycles. The highest BCUT2D eigenvalue weighted by Crippen LogP contribution is 2.24. The average Bonchev–Trinajstić information content (AvgIpc) is 2.98. The predicted molar refractivity (Wildman–Crippen MR) is 92.9 cm³/mol. The van der Waals surface area contributed by atoms with Crippen molar-refractivity contribution in [1.82, 2.24) is 14.6 Å². The second kappa shape index (κ2) is 8.13. The first-order chi connectivity index (χ1) is 12.2. The van der Waals surface area contributed by atoms with Crippen LogP contribution in [0.5, 0.6) is 0 Å². The van der Waals surface area contributed by atoms with E-state index >= 15 is 0 Å². The number of carbonyl (C=O) groups excluding carboxylic acids is 2. The number of thiazole rings is 1. The quantitative estimate of drug-likeness (QED) is 0.0921. The molecule has 2 rings (SSSR count). The Morgan fingerprint density at radius 2 is 2.27 bits per heavy atom. The highest BCUT2D eigenvalue weighted by atomic mass is 35.5. The van der Waals surface area contributed by atoms with Gasteiger partial charge in [0.1, 0.15) is 18.3 Å². The number of aromatic nitrogens is 1. The molecule has 144 valence electrons. The SMILES string of the molecule is NCCON=C(C(=O)NC1C(=O)N(S(=O)(=O)O)C1CCl)c1csc(N)n1. The number of nitrogens with zero attached hydrogens (tertiary/aromatic N) is 3. The summed E-state index contributed by atoms with van der Waals surface area (Å²) in [5.74, 6) is -2.24. The van der Waals surface area contributed by atoms with Crippen molar-refractivity contribution < 1.29 is 27.4 Å². The van der Waals surface area contributed by atoms with Gasteiger partial charge >= 0.3 is 10.3 Å². The van der Waals surface area contributed by atoms with E-state index in [1.807, 2.05) is 0 Å². The molecule has 2 unspecified atom stereocenters. The van der Waals surface area contributed by atoms with Gasteiger partial charge in [0.05, 0.1) is 6.04 Å². The highest BCUT2D eigenvalue weighted by Gasteiger charge is 2.53. The van der Waals surface area contributed by atoms with Gasteiger partial charge in [0.2, 0.25) is 0 Å². The molecule has 1 aliphatic heterocycles. The number of hydrogen-bond acceptors (Lipinski definition) is 10. The average molecular weight is 427 g/mol. The van der Waals surface area contributed by atoms with Crippen molar-refractivity contribution in [3.8, 4) is 0 Å². The van der Waals surface area contributed by atoms with Crippen molar-refractivity contribution in [2.45, 2.75) is 12.1 Å². The standard InChI is InChI=1S/C11H15ClN6O6S2/c12-3-6-8(10(20)18(6)26(21,22)23)16-9(19)7(17-24-2-1-13)5-4-25-11(14)15-5/h4,6,8H,1-3,13H2,(H2,14,15)(H,16,19)(H,21,22,23). The summed E-state index contributed by atoms with van der Waals surface area (Å²) < 4.78 is 31.5. The van der Waals surface area contributed by atoms with E-state index in [2.05, 4.69) is 15.5 Å². The molecule has 15 heteroatoms. The van der Waals surface area contributed by atoms with E-state index in [0.717, 1.165) is 11.3 Å². The summed E-state index contributed by atoms with van der Waals surface area (Å²) in [6, 6.07) is -2.41. The molecule has 1 saturated heterocycles. The van der Waals surface area contributed by atoms with Gasteiger partial charge in [-0.3, -0.25) is 14.1 Å². The number of hydrogen-bond donors (Lipinski definition) is 4. The van der Waals surface area contributed by atoms with Gasteiger partial charge in [-0.25, -0.2) is 9.29 Å². The van der Waals surface area contributed by atoms with Crippen molar-refractivity contribution in [3.05, 3.63) is 11.1 Å². The van der Waals surface area contributed by atoms with Gasteiger partial charge in [-0.1, -0.05) is 5.16 Å². The number of halogens is 1. The zero-order chi connectivity index (χ0) is 19.5. The molecule has 1 aromatic heterocycles. The van der Waals surface area contributed by atoms with Gasteiger partial charge in [0, 0.05) is 17.8 Å². The Kier molecular flexibility index (Phi) is 6.35. The monoisotopic (exact) mass is 426 g/mol. The van der Waals surface area contributed by atoms with Crippen LogP contribution in [-0.2, 0) is 24.7 Å². The molecule has 0 aliphatic carbocycles. The maximum Gasteiger partial charge on any atom is 0.362 e. The van der Waals surface area contributed by atoms with E-state index in [-0.39, 0.29) is 39.9 Å². The third kappa shape index (κ3) is 4.21. The second-order valence-corrected chi connectivity index (χ2v) is 7.40. The topological polar surface area (TPSA) is 190 Å². The van der Waals surface area contributed by atoms with Crippen molar-refractivity contribution in [1.29, 1.82) is 0 Å². The lowest BCUT2D eigenvalue weighted by molar-refractivity contribution is -0.143. The van der Waals surface area contributed by atoms with Crippen LogP contribution in [-0.4, -0.2) is 70.9 Å². The largest absolute Gasteiger partial charge is 0.394 e. The third-order valence-corrected chi connectivity index (χ3v) is 5.15. The van der Waals surface area contributed by atoms with E-state index in [4.69, 9.17) is 32.5 Å². The Morgan fingerprint density at radius 1 is 1.58 bits per heavy atom. The van der Waals surface area contributed by atoms with Gasteiger partial charge in [0.15, 0.2) is 10.8 Å². The molecule has 2 heterocycles. The lowest BCUT2D eigenvalue weighted by atomic mass is 10.0. The van der Waals surface area contributed by atoms with Crippen molar-refractivity contribution in [3.63, 3.8) is 0 Å². The fourth-order valence-corrected chi connectivity index (χ4v) is 3.91. The number of anilines is 1. The fourth-order valence-electron chi connectivity index (χ4n) is 2.09. The van der Waals surface area contributed by atoms with Crippen LogP contribution in [0, 0.1) is 0 Å². The normalized spacial score (nSPS) is 20.7. The zero-order valence-corrected chi connectivity index (χ0v) is 15.4. The van der Waals surface area contributed by atoms with Crippen LogP contribution in [0.3, 0.4) is 0 Å². The molecule has 1 aliphatic rings. The summed E-state index contributed by atoms with van der Waals surface area (Å²) in [6.45, 7) is 0.177. The maximum absolute atomic E-state index is 12.5. The Bertz CT molecular complexity index is 827. The van der Waals surface area contributed by atoms with Gasteiger partial charge in [-0.05, 0) is 0 Å². The minimum Gasteiger partial charge on any atom is -0.394 e. The molecule has 2 atom stereocenters. The van der Waals surface area contributed by atoms with Crippen molar-refractivity contribution in [2.24, 2.45) is 10.9 Å². The molecule has 1 aromatic rings. The molecular formula is C11H15ClN6O6S2. The minimum atomic E-state index is -4.78. The first-order valence-electron chi connectivity index (χ1n) is 6.99. The van der Waals surface area contributed by atoms with Crippen LogP contribution in [0.1, 0.15) is 5.69 Å². The van der Waals surface area contributed by atoms with E-state index in [1.165, 1.54) is 5.38 Å². The van der Waals surface area contributed by atoms with Gasteiger partial charge in [-0.15, -0.1) is 22.9 Å². The number of nitrogens with one attached hydrogen (secondary N) is 1. The number of amides is 2. The van der Waals surface area contributed by atoms with Crippen molar-refractivity contribution >= 4 is 55.9 Å². The Morgan fingerprint density at radius 3 is 2.77 bits per heavy atom. The molecule has 6 N–H and O–H groups in total. The van der Waals surface area contributed by atoms with Crippen molar-refractivity contribution in [2.75, 3.05) is 24.8 Å². The van der Waals surface area contributed by atoms with Crippen LogP contribution in [0.2, 0.25) is 0 Å². The number of alkyl halides is 1. The Hall–Kier alpha value is -2.00. The second-order valence-electron chi connectivity index (χ2n) is 4.92. The molecule has 0 radical (unpaired) electrons. The molecule has 0 aromatic carbocycles. The zero-order valence-electron chi connectivity index (χ0n) is 13.0. The molecule has 26 heavy (non-hydrogen) atoms. The lowest BCUT2D eigenvalue weighted by Gasteiger charge is -2.43. The van der Waals surface area contributed by atoms with Gasteiger partial charge < -0.3 is 21.6 Å². The van der Waals surface area contributed by atoms with Crippen LogP contribution < -0.4 is 16.8 Å². The number of rotatable bonds is 8. The number of oxime groups is 1. The first-order valence-corrected chi connectivity index (χ1v) is 9.80. The molecule has 1 fully saturated rings. The fraction of sp³-hybridized carbons (Fsp3) is 0.455. The summed E-state index contributed by atoms with van der Waals surface area (Å²) >= 11 is 6.69. The van der Waals surface area contributed by atoms with E-state index in [0.29, 0.717) is 0 Å². The summed E-state index contributed by atoms with van der Waals surface area (Å²) in [7, 11) is -4.78. The van der Waals surface area contributed by atoms with E-state index in [1.54, 1.807) is 0 Å². The summed E-state index contributed by atoms with van der Waals surface area (Å²) in [6.07, 6.45) is 0. The molecule has 0 bridgehead atoms. The van der Waals surface area contributed by atoms with Gasteiger partial charge in [0.25, 0.3) is 11.8 Å².